The molecule has 0 unspecified atom stereocenters. The maximum atomic E-state index is 12.0. The van der Waals surface area contributed by atoms with Gasteiger partial charge in [-0.15, -0.1) is 0 Å². The number of nitrogens with zero attached hydrogens (tertiary/aromatic N) is 2. The van der Waals surface area contributed by atoms with Gasteiger partial charge in [-0.25, -0.2) is 12.7 Å². The smallest absolute Gasteiger partial charge is 0.255 e. The lowest BCUT2D eigenvalue weighted by Gasteiger charge is -2.11. The lowest BCUT2D eigenvalue weighted by atomic mass is 10.2. The van der Waals surface area contributed by atoms with Crippen LogP contribution in [0.1, 0.15) is 10.4 Å². The van der Waals surface area contributed by atoms with Crippen LogP contribution in [0.2, 0.25) is 0 Å². The monoisotopic (exact) mass is 305 g/mol. The minimum Gasteiger partial charge on any atom is -0.322 e. The molecule has 21 heavy (non-hydrogen) atoms. The van der Waals surface area contributed by atoms with Crippen LogP contribution in [0.4, 0.5) is 5.69 Å². The highest BCUT2D eigenvalue weighted by molar-refractivity contribution is 7.89. The lowest BCUT2D eigenvalue weighted by Crippen LogP contribution is -2.22. The van der Waals surface area contributed by atoms with Gasteiger partial charge in [0.15, 0.2) is 0 Å². The summed E-state index contributed by atoms with van der Waals surface area (Å²) in [7, 11) is -0.569. The number of hydrogen-bond donors (Lipinski definition) is 1. The largest absolute Gasteiger partial charge is 0.322 e. The molecule has 1 aromatic heterocycles. The summed E-state index contributed by atoms with van der Waals surface area (Å²) in [5.41, 5.74) is 1.00. The third-order valence-electron chi connectivity index (χ3n) is 2.83. The van der Waals surface area contributed by atoms with E-state index in [1.165, 1.54) is 38.4 Å². The summed E-state index contributed by atoms with van der Waals surface area (Å²) in [6, 6.07) is 9.12. The van der Waals surface area contributed by atoms with Crippen molar-refractivity contribution in [1.29, 1.82) is 0 Å². The van der Waals surface area contributed by atoms with Gasteiger partial charge in [0.05, 0.1) is 4.90 Å². The molecule has 110 valence electrons. The maximum Gasteiger partial charge on any atom is 0.255 e. The Morgan fingerprint density at radius 3 is 2.14 bits per heavy atom. The van der Waals surface area contributed by atoms with Crippen molar-refractivity contribution in [2.24, 2.45) is 0 Å². The Labute approximate surface area is 123 Å². The zero-order valence-corrected chi connectivity index (χ0v) is 12.5. The van der Waals surface area contributed by atoms with Crippen LogP contribution in [-0.4, -0.2) is 37.7 Å². The van der Waals surface area contributed by atoms with Crippen molar-refractivity contribution in [2.75, 3.05) is 19.4 Å². The van der Waals surface area contributed by atoms with Gasteiger partial charge in [-0.05, 0) is 36.4 Å². The highest BCUT2D eigenvalue weighted by Gasteiger charge is 2.17. The minimum atomic E-state index is -3.48. The van der Waals surface area contributed by atoms with Crippen LogP contribution in [0.25, 0.3) is 0 Å². The molecule has 0 radical (unpaired) electrons. The standard InChI is InChI=1S/C14H15N3O3S/c1-17(2)21(19,20)13-5-3-11(4-6-13)14(18)16-12-7-9-15-10-8-12/h3-10H,1-2H3,(H,15,16,18). The molecule has 1 aromatic carbocycles. The number of carbonyl (C=O) groups excluding carboxylic acids is 1. The Bertz CT molecular complexity index is 726. The Hall–Kier alpha value is -2.25. The lowest BCUT2D eigenvalue weighted by molar-refractivity contribution is 0.102. The van der Waals surface area contributed by atoms with Gasteiger partial charge in [0.25, 0.3) is 5.91 Å². The van der Waals surface area contributed by atoms with Gasteiger partial charge in [0, 0.05) is 37.7 Å². The summed E-state index contributed by atoms with van der Waals surface area (Å²) in [6.45, 7) is 0. The fourth-order valence-corrected chi connectivity index (χ4v) is 2.53. The third kappa shape index (κ3) is 3.45. The van der Waals surface area contributed by atoms with Gasteiger partial charge in [0.2, 0.25) is 10.0 Å². The fraction of sp³-hybridized carbons (Fsp3) is 0.143. The molecule has 1 heterocycles. The van der Waals surface area contributed by atoms with E-state index in [2.05, 4.69) is 10.3 Å². The van der Waals surface area contributed by atoms with E-state index < -0.39 is 10.0 Å². The number of benzene rings is 1. The van der Waals surface area contributed by atoms with Crippen LogP contribution < -0.4 is 5.32 Å². The minimum absolute atomic E-state index is 0.146. The Kier molecular flexibility index (Phi) is 4.35. The normalized spacial score (nSPS) is 11.4. The molecule has 6 nitrogen and oxygen atoms in total. The molecule has 0 aliphatic carbocycles. The van der Waals surface area contributed by atoms with Gasteiger partial charge >= 0.3 is 0 Å². The summed E-state index contributed by atoms with van der Waals surface area (Å²) < 4.78 is 25.0. The van der Waals surface area contributed by atoms with Gasteiger partial charge in [-0.2, -0.15) is 0 Å². The third-order valence-corrected chi connectivity index (χ3v) is 4.66. The molecule has 0 bridgehead atoms. The topological polar surface area (TPSA) is 79.4 Å². The van der Waals surface area contributed by atoms with Crippen LogP contribution in [-0.2, 0) is 10.0 Å². The predicted octanol–water partition coefficient (Wildman–Crippen LogP) is 1.58. The molecule has 1 amide bonds. The number of anilines is 1. The van der Waals surface area contributed by atoms with Gasteiger partial charge in [0.1, 0.15) is 0 Å². The first kappa shape index (κ1) is 15.1. The van der Waals surface area contributed by atoms with Crippen molar-refractivity contribution < 1.29 is 13.2 Å². The average molecular weight is 305 g/mol. The molecule has 0 aliphatic rings. The van der Waals surface area contributed by atoms with E-state index in [-0.39, 0.29) is 10.8 Å². The van der Waals surface area contributed by atoms with Crippen molar-refractivity contribution in [1.82, 2.24) is 9.29 Å². The van der Waals surface area contributed by atoms with E-state index in [0.717, 1.165) is 4.31 Å². The van der Waals surface area contributed by atoms with Crippen molar-refractivity contribution in [3.8, 4) is 0 Å². The maximum absolute atomic E-state index is 12.0. The summed E-state index contributed by atoms with van der Waals surface area (Å²) in [4.78, 5) is 16.0. The van der Waals surface area contributed by atoms with Crippen LogP contribution >= 0.6 is 0 Å². The molecule has 2 aromatic rings. The quantitative estimate of drug-likeness (QED) is 0.930. The van der Waals surface area contributed by atoms with Crippen LogP contribution in [0.5, 0.6) is 0 Å². The second-order valence-electron chi connectivity index (χ2n) is 4.50. The van der Waals surface area contributed by atoms with Crippen LogP contribution in [0.3, 0.4) is 0 Å². The molecule has 2 rings (SSSR count). The number of rotatable bonds is 4. The number of nitrogens with one attached hydrogen (secondary N) is 1. The van der Waals surface area contributed by atoms with E-state index >= 15 is 0 Å². The molecule has 7 heteroatoms. The van der Waals surface area contributed by atoms with Crippen LogP contribution in [0, 0.1) is 0 Å². The first-order valence-electron chi connectivity index (χ1n) is 6.15. The van der Waals surface area contributed by atoms with Crippen molar-refractivity contribution in [3.05, 3.63) is 54.4 Å². The summed E-state index contributed by atoms with van der Waals surface area (Å²) >= 11 is 0. The number of pyridine rings is 1. The first-order valence-corrected chi connectivity index (χ1v) is 7.59. The molecular weight excluding hydrogens is 290 g/mol. The van der Waals surface area contributed by atoms with Gasteiger partial charge < -0.3 is 5.32 Å². The first-order chi connectivity index (χ1) is 9.91. The second-order valence-corrected chi connectivity index (χ2v) is 6.65. The van der Waals surface area contributed by atoms with Crippen molar-refractivity contribution in [2.45, 2.75) is 4.90 Å². The van der Waals surface area contributed by atoms with Crippen LogP contribution in [0.15, 0.2) is 53.7 Å². The molecule has 0 saturated carbocycles. The second kappa shape index (κ2) is 6.02. The zero-order chi connectivity index (χ0) is 15.5. The summed E-state index contributed by atoms with van der Waals surface area (Å²) in [5.74, 6) is -0.310. The fourth-order valence-electron chi connectivity index (χ4n) is 1.63. The predicted molar refractivity (Wildman–Crippen MR) is 79.5 cm³/mol. The molecule has 0 atom stereocenters. The molecule has 0 saturated heterocycles. The van der Waals surface area contributed by atoms with Crippen molar-refractivity contribution in [3.63, 3.8) is 0 Å². The Morgan fingerprint density at radius 1 is 1.05 bits per heavy atom. The van der Waals surface area contributed by atoms with Gasteiger partial charge in [-0.3, -0.25) is 9.78 Å². The van der Waals surface area contributed by atoms with E-state index in [1.807, 2.05) is 0 Å². The number of sulfonamides is 1. The number of aromatic nitrogens is 1. The molecule has 0 spiro atoms. The zero-order valence-electron chi connectivity index (χ0n) is 11.6. The van der Waals surface area contributed by atoms with E-state index in [4.69, 9.17) is 0 Å². The number of hydrogen-bond acceptors (Lipinski definition) is 4. The molecule has 1 N–H and O–H groups in total. The number of carbonyl (C=O) groups is 1. The summed E-state index contributed by atoms with van der Waals surface area (Å²) in [5, 5.41) is 2.70. The molecular formula is C14H15N3O3S. The molecule has 0 fully saturated rings. The van der Waals surface area contributed by atoms with E-state index in [1.54, 1.807) is 24.5 Å². The van der Waals surface area contributed by atoms with Crippen molar-refractivity contribution >= 4 is 21.6 Å². The average Bonchev–Trinajstić information content (AvgIpc) is 2.48. The SMILES string of the molecule is CN(C)S(=O)(=O)c1ccc(C(=O)Nc2ccncc2)cc1. The van der Waals surface area contributed by atoms with E-state index in [0.29, 0.717) is 11.3 Å². The number of amides is 1. The van der Waals surface area contributed by atoms with Gasteiger partial charge in [-0.1, -0.05) is 0 Å². The highest BCUT2D eigenvalue weighted by Crippen LogP contribution is 2.15. The Balaban J connectivity index is 2.18. The highest BCUT2D eigenvalue weighted by atomic mass is 32.2. The summed E-state index contributed by atoms with van der Waals surface area (Å²) in [6.07, 6.45) is 3.14. The molecule has 0 aliphatic heterocycles. The Morgan fingerprint density at radius 2 is 1.62 bits per heavy atom. The van der Waals surface area contributed by atoms with E-state index in [9.17, 15) is 13.2 Å².